The van der Waals surface area contributed by atoms with E-state index in [0.717, 1.165) is 32.5 Å². The van der Waals surface area contributed by atoms with Crippen LogP contribution in [-0.2, 0) is 11.2 Å². The van der Waals surface area contributed by atoms with Crippen LogP contribution in [0.5, 0.6) is 0 Å². The summed E-state index contributed by atoms with van der Waals surface area (Å²) >= 11 is 0. The van der Waals surface area contributed by atoms with Crippen LogP contribution < -0.4 is 10.6 Å². The fourth-order valence-corrected chi connectivity index (χ4v) is 2.57. The third kappa shape index (κ3) is 6.06. The highest BCUT2D eigenvalue weighted by molar-refractivity contribution is 5.55. The van der Waals surface area contributed by atoms with E-state index in [1.165, 1.54) is 16.8 Å². The molecule has 1 rings (SSSR count). The fourth-order valence-electron chi connectivity index (χ4n) is 2.57. The van der Waals surface area contributed by atoms with Gasteiger partial charge in [0.15, 0.2) is 0 Å². The van der Waals surface area contributed by atoms with E-state index >= 15 is 0 Å². The molecule has 0 aliphatic carbocycles. The van der Waals surface area contributed by atoms with E-state index in [4.69, 9.17) is 10.5 Å². The zero-order chi connectivity index (χ0) is 15.8. The maximum Gasteiger partial charge on any atom is 0.0637 e. The van der Waals surface area contributed by atoms with Crippen molar-refractivity contribution in [3.63, 3.8) is 0 Å². The first-order chi connectivity index (χ1) is 9.97. The zero-order valence-corrected chi connectivity index (χ0v) is 14.4. The highest BCUT2D eigenvalue weighted by Gasteiger charge is 2.14. The number of rotatable bonds is 9. The van der Waals surface area contributed by atoms with Gasteiger partial charge in [-0.15, -0.1) is 0 Å². The number of ether oxygens (including phenoxy) is 1. The molecule has 0 aliphatic rings. The first kappa shape index (κ1) is 18.0. The Labute approximate surface area is 130 Å². The third-order valence-electron chi connectivity index (χ3n) is 3.73. The first-order valence-corrected chi connectivity index (χ1v) is 8.06. The molecule has 0 bridgehead atoms. The highest BCUT2D eigenvalue weighted by atomic mass is 16.5. The van der Waals surface area contributed by atoms with Crippen molar-refractivity contribution in [2.75, 3.05) is 31.7 Å². The van der Waals surface area contributed by atoms with Gasteiger partial charge in [-0.1, -0.05) is 38.5 Å². The molecule has 21 heavy (non-hydrogen) atoms. The van der Waals surface area contributed by atoms with Crippen molar-refractivity contribution in [3.05, 3.63) is 29.3 Å². The summed E-state index contributed by atoms with van der Waals surface area (Å²) in [6.45, 7) is 11.5. The highest BCUT2D eigenvalue weighted by Crippen LogP contribution is 2.24. The predicted octanol–water partition coefficient (Wildman–Crippen LogP) is 3.38. The molecule has 0 aliphatic heterocycles. The number of nitrogens with zero attached hydrogens (tertiary/aromatic N) is 1. The number of hydrogen-bond acceptors (Lipinski definition) is 3. The van der Waals surface area contributed by atoms with Gasteiger partial charge in [-0.2, -0.15) is 0 Å². The number of methoxy groups -OCH3 is 1. The Balaban J connectivity index is 3.03. The molecular weight excluding hydrogens is 260 g/mol. The van der Waals surface area contributed by atoms with Crippen molar-refractivity contribution in [2.45, 2.75) is 46.6 Å². The van der Waals surface area contributed by atoms with Gasteiger partial charge in [-0.05, 0) is 37.3 Å². The lowest BCUT2D eigenvalue weighted by molar-refractivity contribution is 0.204. The van der Waals surface area contributed by atoms with E-state index in [1.54, 1.807) is 7.11 Å². The van der Waals surface area contributed by atoms with Crippen LogP contribution in [0.1, 0.15) is 38.3 Å². The minimum absolute atomic E-state index is 0.230. The summed E-state index contributed by atoms with van der Waals surface area (Å²) in [4.78, 5) is 2.44. The van der Waals surface area contributed by atoms with Crippen LogP contribution in [0.25, 0.3) is 0 Å². The molecule has 3 nitrogen and oxygen atoms in total. The fraction of sp³-hybridized carbons (Fsp3) is 0.667. The Morgan fingerprint density at radius 3 is 2.57 bits per heavy atom. The second-order valence-corrected chi connectivity index (χ2v) is 6.34. The standard InChI is InChI=1S/C18H32N2O/c1-6-17(19)12-16-11-15(4)7-8-18(16)20(9-10-21-5)13-14(2)3/h7-8,11,14,17H,6,9-10,12-13,19H2,1-5H3. The summed E-state index contributed by atoms with van der Waals surface area (Å²) in [7, 11) is 1.76. The molecule has 0 fully saturated rings. The number of nitrogens with two attached hydrogens (primary N) is 1. The van der Waals surface area contributed by atoms with Crippen molar-refractivity contribution in [3.8, 4) is 0 Å². The molecule has 1 unspecified atom stereocenters. The zero-order valence-electron chi connectivity index (χ0n) is 14.4. The lowest BCUT2D eigenvalue weighted by atomic mass is 9.99. The van der Waals surface area contributed by atoms with Gasteiger partial charge >= 0.3 is 0 Å². The molecule has 0 saturated carbocycles. The summed E-state index contributed by atoms with van der Waals surface area (Å²) in [5.74, 6) is 0.621. The maximum absolute atomic E-state index is 6.18. The number of aryl methyl sites for hydroxylation is 1. The maximum atomic E-state index is 6.18. The molecule has 3 heteroatoms. The summed E-state index contributed by atoms with van der Waals surface area (Å²) < 4.78 is 5.27. The Morgan fingerprint density at radius 2 is 2.00 bits per heavy atom. The molecular formula is C18H32N2O. The van der Waals surface area contributed by atoms with Gasteiger partial charge in [0.25, 0.3) is 0 Å². The molecule has 0 aromatic heterocycles. The molecule has 0 heterocycles. The van der Waals surface area contributed by atoms with Crippen molar-refractivity contribution < 1.29 is 4.74 Å². The van der Waals surface area contributed by atoms with Gasteiger partial charge in [0.2, 0.25) is 0 Å². The number of anilines is 1. The SMILES string of the molecule is CCC(N)Cc1cc(C)ccc1N(CCOC)CC(C)C. The molecule has 0 spiro atoms. The van der Waals surface area contributed by atoms with Crippen molar-refractivity contribution in [2.24, 2.45) is 11.7 Å². The summed E-state index contributed by atoms with van der Waals surface area (Å²) in [6, 6.07) is 6.95. The number of benzene rings is 1. The van der Waals surface area contributed by atoms with E-state index in [9.17, 15) is 0 Å². The average molecular weight is 292 g/mol. The van der Waals surface area contributed by atoms with Crippen LogP contribution in [0.2, 0.25) is 0 Å². The third-order valence-corrected chi connectivity index (χ3v) is 3.73. The van der Waals surface area contributed by atoms with Gasteiger partial charge in [0.05, 0.1) is 6.61 Å². The van der Waals surface area contributed by atoms with E-state index in [0.29, 0.717) is 5.92 Å². The smallest absolute Gasteiger partial charge is 0.0637 e. The largest absolute Gasteiger partial charge is 0.383 e. The Morgan fingerprint density at radius 1 is 1.29 bits per heavy atom. The molecule has 1 atom stereocenters. The van der Waals surface area contributed by atoms with Crippen molar-refractivity contribution in [1.82, 2.24) is 0 Å². The van der Waals surface area contributed by atoms with Gasteiger partial charge in [-0.25, -0.2) is 0 Å². The monoisotopic (exact) mass is 292 g/mol. The van der Waals surface area contributed by atoms with E-state index < -0.39 is 0 Å². The molecule has 120 valence electrons. The van der Waals surface area contributed by atoms with Gasteiger partial charge in [-0.3, -0.25) is 0 Å². The van der Waals surface area contributed by atoms with Crippen LogP contribution in [0.3, 0.4) is 0 Å². The van der Waals surface area contributed by atoms with Gasteiger partial charge in [0.1, 0.15) is 0 Å². The van der Waals surface area contributed by atoms with Crippen LogP contribution in [0, 0.1) is 12.8 Å². The Hall–Kier alpha value is -1.06. The first-order valence-electron chi connectivity index (χ1n) is 8.06. The minimum atomic E-state index is 0.230. The lowest BCUT2D eigenvalue weighted by Gasteiger charge is -2.29. The second kappa shape index (κ2) is 9.06. The molecule has 0 saturated heterocycles. The van der Waals surface area contributed by atoms with Crippen LogP contribution in [0.15, 0.2) is 18.2 Å². The summed E-state index contributed by atoms with van der Waals surface area (Å²) in [6.07, 6.45) is 1.95. The number of hydrogen-bond donors (Lipinski definition) is 1. The molecule has 1 aromatic carbocycles. The summed E-state index contributed by atoms with van der Waals surface area (Å²) in [5, 5.41) is 0. The van der Waals surface area contributed by atoms with Crippen LogP contribution >= 0.6 is 0 Å². The quantitative estimate of drug-likeness (QED) is 0.758. The van der Waals surface area contributed by atoms with Gasteiger partial charge < -0.3 is 15.4 Å². The van der Waals surface area contributed by atoms with E-state index in [1.807, 2.05) is 0 Å². The van der Waals surface area contributed by atoms with Crippen molar-refractivity contribution in [1.29, 1.82) is 0 Å². The molecule has 0 amide bonds. The van der Waals surface area contributed by atoms with E-state index in [2.05, 4.69) is 50.8 Å². The minimum Gasteiger partial charge on any atom is -0.383 e. The summed E-state index contributed by atoms with van der Waals surface area (Å²) in [5.41, 5.74) is 10.2. The molecule has 2 N–H and O–H groups in total. The Bertz CT molecular complexity index is 418. The normalized spacial score (nSPS) is 12.7. The molecule has 1 aromatic rings. The predicted molar refractivity (Wildman–Crippen MR) is 92.1 cm³/mol. The average Bonchev–Trinajstić information content (AvgIpc) is 2.43. The lowest BCUT2D eigenvalue weighted by Crippen LogP contribution is -2.32. The molecule has 0 radical (unpaired) electrons. The second-order valence-electron chi connectivity index (χ2n) is 6.34. The van der Waals surface area contributed by atoms with Gasteiger partial charge in [0, 0.05) is 31.9 Å². The Kier molecular flexibility index (Phi) is 7.76. The van der Waals surface area contributed by atoms with Crippen LogP contribution in [0.4, 0.5) is 5.69 Å². The van der Waals surface area contributed by atoms with Crippen LogP contribution in [-0.4, -0.2) is 32.8 Å². The van der Waals surface area contributed by atoms with E-state index in [-0.39, 0.29) is 6.04 Å². The topological polar surface area (TPSA) is 38.5 Å². The van der Waals surface area contributed by atoms with Crippen molar-refractivity contribution >= 4 is 5.69 Å².